The van der Waals surface area contributed by atoms with Crippen molar-refractivity contribution >= 4 is 11.8 Å². The molecule has 1 heterocycles. The van der Waals surface area contributed by atoms with Gasteiger partial charge in [0.25, 0.3) is 11.8 Å². The van der Waals surface area contributed by atoms with Crippen LogP contribution in [0.5, 0.6) is 0 Å². The van der Waals surface area contributed by atoms with Gasteiger partial charge in [-0.1, -0.05) is 30.3 Å². The molecule has 0 aliphatic carbocycles. The van der Waals surface area contributed by atoms with Crippen LogP contribution < -0.4 is 0 Å². The monoisotopic (exact) mass is 409 g/mol. The van der Waals surface area contributed by atoms with Crippen molar-refractivity contribution in [1.29, 1.82) is 0 Å². The minimum absolute atomic E-state index is 0.110. The lowest BCUT2D eigenvalue weighted by atomic mass is 10.2. The summed E-state index contributed by atoms with van der Waals surface area (Å²) in [6, 6.07) is 16.6. The Labute approximate surface area is 173 Å². The predicted octanol–water partition coefficient (Wildman–Crippen LogP) is 3.90. The van der Waals surface area contributed by atoms with Crippen LogP contribution in [-0.4, -0.2) is 40.7 Å². The number of amides is 2. The first-order chi connectivity index (χ1) is 14.3. The van der Waals surface area contributed by atoms with E-state index < -0.39 is 0 Å². The molecule has 0 bridgehead atoms. The Balaban J connectivity index is 1.71. The van der Waals surface area contributed by atoms with Crippen LogP contribution in [0.3, 0.4) is 0 Å². The maximum absolute atomic E-state index is 13.4. The Morgan fingerprint density at radius 2 is 1.13 bits per heavy atom. The molecule has 3 aromatic rings. The minimum Gasteiger partial charge on any atom is -0.336 e. The second-order valence-electron chi connectivity index (χ2n) is 6.99. The quantitative estimate of drug-likeness (QED) is 0.620. The lowest BCUT2D eigenvalue weighted by Gasteiger charge is -2.19. The number of pyridine rings is 1. The number of rotatable bonds is 6. The van der Waals surface area contributed by atoms with E-state index in [4.69, 9.17) is 0 Å². The zero-order valence-electron chi connectivity index (χ0n) is 16.7. The van der Waals surface area contributed by atoms with Crippen molar-refractivity contribution in [3.63, 3.8) is 0 Å². The maximum Gasteiger partial charge on any atom is 0.272 e. The fraction of sp³-hybridized carbons (Fsp3) is 0.174. The van der Waals surface area contributed by atoms with E-state index in [0.29, 0.717) is 11.1 Å². The van der Waals surface area contributed by atoms with Crippen LogP contribution in [-0.2, 0) is 13.1 Å². The molecule has 1 aromatic heterocycles. The van der Waals surface area contributed by atoms with Crippen molar-refractivity contribution in [2.75, 3.05) is 14.1 Å². The molecule has 0 saturated carbocycles. The third kappa shape index (κ3) is 5.26. The molecule has 0 fully saturated rings. The number of halogens is 2. The Morgan fingerprint density at radius 3 is 1.53 bits per heavy atom. The van der Waals surface area contributed by atoms with Crippen LogP contribution in [0, 0.1) is 11.6 Å². The van der Waals surface area contributed by atoms with Gasteiger partial charge in [-0.3, -0.25) is 9.59 Å². The van der Waals surface area contributed by atoms with Crippen LogP contribution in [0.4, 0.5) is 8.78 Å². The van der Waals surface area contributed by atoms with Gasteiger partial charge in [-0.15, -0.1) is 0 Å². The van der Waals surface area contributed by atoms with E-state index in [2.05, 4.69) is 4.98 Å². The molecule has 7 heteroatoms. The summed E-state index contributed by atoms with van der Waals surface area (Å²) >= 11 is 0. The summed E-state index contributed by atoms with van der Waals surface area (Å²) in [5.74, 6) is -1.52. The number of aromatic nitrogens is 1. The molecule has 154 valence electrons. The number of hydrogen-bond acceptors (Lipinski definition) is 3. The number of nitrogens with zero attached hydrogens (tertiary/aromatic N) is 3. The normalized spacial score (nSPS) is 10.5. The van der Waals surface area contributed by atoms with Gasteiger partial charge < -0.3 is 9.80 Å². The summed E-state index contributed by atoms with van der Waals surface area (Å²) in [7, 11) is 3.17. The smallest absolute Gasteiger partial charge is 0.272 e. The van der Waals surface area contributed by atoms with Crippen LogP contribution >= 0.6 is 0 Å². The van der Waals surface area contributed by atoms with Gasteiger partial charge in [-0.25, -0.2) is 13.8 Å². The second-order valence-corrected chi connectivity index (χ2v) is 6.99. The third-order valence-electron chi connectivity index (χ3n) is 4.50. The molecule has 0 aliphatic rings. The summed E-state index contributed by atoms with van der Waals surface area (Å²) in [5, 5.41) is 0. The molecule has 5 nitrogen and oxygen atoms in total. The average Bonchev–Trinajstić information content (AvgIpc) is 2.72. The van der Waals surface area contributed by atoms with Gasteiger partial charge in [-0.2, -0.15) is 0 Å². The van der Waals surface area contributed by atoms with E-state index in [1.54, 1.807) is 44.4 Å². The third-order valence-corrected chi connectivity index (χ3v) is 4.50. The summed E-state index contributed by atoms with van der Waals surface area (Å²) in [5.41, 5.74) is 1.51. The topological polar surface area (TPSA) is 53.5 Å². The highest BCUT2D eigenvalue weighted by atomic mass is 19.1. The summed E-state index contributed by atoms with van der Waals surface area (Å²) in [6.45, 7) is 0.409. The first kappa shape index (κ1) is 21.1. The van der Waals surface area contributed by atoms with Crippen molar-refractivity contribution in [2.24, 2.45) is 0 Å². The van der Waals surface area contributed by atoms with Crippen molar-refractivity contribution in [1.82, 2.24) is 14.8 Å². The Kier molecular flexibility index (Phi) is 6.51. The van der Waals surface area contributed by atoms with E-state index >= 15 is 0 Å². The van der Waals surface area contributed by atoms with E-state index in [-0.39, 0.29) is 47.9 Å². The molecule has 0 unspecified atom stereocenters. The average molecular weight is 409 g/mol. The summed E-state index contributed by atoms with van der Waals surface area (Å²) in [4.78, 5) is 32.4. The van der Waals surface area contributed by atoms with Gasteiger partial charge in [0.1, 0.15) is 23.0 Å². The predicted molar refractivity (Wildman–Crippen MR) is 109 cm³/mol. The summed E-state index contributed by atoms with van der Waals surface area (Å²) in [6.07, 6.45) is 0. The highest BCUT2D eigenvalue weighted by Crippen LogP contribution is 2.12. The molecule has 3 rings (SSSR count). The van der Waals surface area contributed by atoms with Crippen LogP contribution in [0.15, 0.2) is 66.7 Å². The molecular formula is C23H21F2N3O2. The second kappa shape index (κ2) is 9.26. The summed E-state index contributed by atoms with van der Waals surface area (Å²) < 4.78 is 26.7. The number of carbonyl (C=O) groups excluding carboxylic acids is 2. The van der Waals surface area contributed by atoms with E-state index in [1.807, 2.05) is 0 Å². The van der Waals surface area contributed by atoms with Crippen molar-refractivity contribution in [2.45, 2.75) is 13.1 Å². The Bertz CT molecular complexity index is 991. The lowest BCUT2D eigenvalue weighted by Crippen LogP contribution is -2.30. The number of benzene rings is 2. The molecule has 30 heavy (non-hydrogen) atoms. The zero-order valence-corrected chi connectivity index (χ0v) is 16.7. The standard InChI is InChI=1S/C23H21F2N3O2/c1-27(14-16-6-3-8-18(24)12-16)22(29)20-10-5-11-21(26-20)23(30)28(2)15-17-7-4-9-19(25)13-17/h3-13H,14-15H2,1-2H3. The maximum atomic E-state index is 13.4. The van der Waals surface area contributed by atoms with Gasteiger partial charge in [0, 0.05) is 27.2 Å². The number of carbonyl (C=O) groups is 2. The van der Waals surface area contributed by atoms with Crippen LogP contribution in [0.25, 0.3) is 0 Å². The molecule has 0 N–H and O–H groups in total. The molecule has 0 aliphatic heterocycles. The zero-order chi connectivity index (χ0) is 21.7. The van der Waals surface area contributed by atoms with Crippen molar-refractivity contribution < 1.29 is 18.4 Å². The molecule has 0 atom stereocenters. The highest BCUT2D eigenvalue weighted by molar-refractivity contribution is 5.96. The highest BCUT2D eigenvalue weighted by Gasteiger charge is 2.18. The molecule has 0 radical (unpaired) electrons. The molecule has 2 amide bonds. The van der Waals surface area contributed by atoms with Gasteiger partial charge in [-0.05, 0) is 47.5 Å². The molecule has 2 aromatic carbocycles. The fourth-order valence-corrected chi connectivity index (χ4v) is 3.03. The van der Waals surface area contributed by atoms with Gasteiger partial charge in [0.05, 0.1) is 0 Å². The van der Waals surface area contributed by atoms with Gasteiger partial charge in [0.15, 0.2) is 0 Å². The van der Waals surface area contributed by atoms with Gasteiger partial charge >= 0.3 is 0 Å². The van der Waals surface area contributed by atoms with Crippen molar-refractivity contribution in [3.05, 3.63) is 101 Å². The van der Waals surface area contributed by atoms with Crippen LogP contribution in [0.2, 0.25) is 0 Å². The van der Waals surface area contributed by atoms with Crippen LogP contribution in [0.1, 0.15) is 32.1 Å². The minimum atomic E-state index is -0.387. The van der Waals surface area contributed by atoms with E-state index in [0.717, 1.165) is 0 Å². The van der Waals surface area contributed by atoms with E-state index in [1.165, 1.54) is 46.2 Å². The SMILES string of the molecule is CN(Cc1cccc(F)c1)C(=O)c1cccc(C(=O)N(C)Cc2cccc(F)c2)n1. The fourth-order valence-electron chi connectivity index (χ4n) is 3.03. The molecular weight excluding hydrogens is 388 g/mol. The molecule has 0 spiro atoms. The molecule has 0 saturated heterocycles. The Hall–Kier alpha value is -3.61. The lowest BCUT2D eigenvalue weighted by molar-refractivity contribution is 0.0771. The largest absolute Gasteiger partial charge is 0.336 e. The Morgan fingerprint density at radius 1 is 0.733 bits per heavy atom. The first-order valence-corrected chi connectivity index (χ1v) is 9.30. The first-order valence-electron chi connectivity index (χ1n) is 9.30. The number of hydrogen-bond donors (Lipinski definition) is 0. The van der Waals surface area contributed by atoms with E-state index in [9.17, 15) is 18.4 Å². The van der Waals surface area contributed by atoms with Crippen molar-refractivity contribution in [3.8, 4) is 0 Å². The van der Waals surface area contributed by atoms with Gasteiger partial charge in [0.2, 0.25) is 0 Å².